The van der Waals surface area contributed by atoms with Gasteiger partial charge in [-0.3, -0.25) is 4.79 Å². The Hall–Kier alpha value is -1.07. The maximum Gasteiger partial charge on any atom is 0.305 e. The molecule has 1 aromatic carbocycles. The van der Waals surface area contributed by atoms with Crippen LogP contribution in [-0.4, -0.2) is 17.7 Å². The van der Waals surface area contributed by atoms with E-state index in [2.05, 4.69) is 15.9 Å². The van der Waals surface area contributed by atoms with Gasteiger partial charge in [0, 0.05) is 6.04 Å². The highest BCUT2D eigenvalue weighted by atomic mass is 79.9. The molecule has 1 aromatic rings. The van der Waals surface area contributed by atoms with Gasteiger partial charge in [-0.2, -0.15) is 0 Å². The van der Waals surface area contributed by atoms with Crippen LogP contribution < -0.4 is 10.5 Å². The first kappa shape index (κ1) is 13.4. The van der Waals surface area contributed by atoms with E-state index in [4.69, 9.17) is 15.6 Å². The lowest BCUT2D eigenvalue weighted by atomic mass is 10.0. The van der Waals surface area contributed by atoms with E-state index in [-0.39, 0.29) is 6.42 Å². The average Bonchev–Trinajstić information content (AvgIpc) is 3.10. The fraction of sp³-hybridized carbons (Fsp3) is 0.462. The van der Waals surface area contributed by atoms with Crippen molar-refractivity contribution < 1.29 is 14.6 Å². The van der Waals surface area contributed by atoms with Crippen LogP contribution in [0.25, 0.3) is 0 Å². The molecule has 0 aliphatic heterocycles. The van der Waals surface area contributed by atoms with Gasteiger partial charge in [0.2, 0.25) is 0 Å². The summed E-state index contributed by atoms with van der Waals surface area (Å²) >= 11 is 3.42. The molecule has 3 N–H and O–H groups in total. The summed E-state index contributed by atoms with van der Waals surface area (Å²) in [6.45, 7) is 0.718. The number of benzene rings is 1. The van der Waals surface area contributed by atoms with Gasteiger partial charge in [-0.15, -0.1) is 0 Å². The topological polar surface area (TPSA) is 72.6 Å². The minimum Gasteiger partial charge on any atom is -0.492 e. The standard InChI is InChI=1S/C13H16BrNO3/c14-10-4-3-9(11(15)6-13(16)17)5-12(10)18-7-8-1-2-8/h3-5,8,11H,1-2,6-7,15H2,(H,16,17). The smallest absolute Gasteiger partial charge is 0.305 e. The predicted molar refractivity (Wildman–Crippen MR) is 71.5 cm³/mol. The minimum atomic E-state index is -0.897. The SMILES string of the molecule is NC(CC(=O)O)c1ccc(Br)c(OCC2CC2)c1. The summed E-state index contributed by atoms with van der Waals surface area (Å²) in [6.07, 6.45) is 2.38. The summed E-state index contributed by atoms with van der Waals surface area (Å²) in [5.41, 5.74) is 6.62. The maximum absolute atomic E-state index is 10.6. The quantitative estimate of drug-likeness (QED) is 0.847. The zero-order valence-corrected chi connectivity index (χ0v) is 11.5. The van der Waals surface area contributed by atoms with E-state index in [1.54, 1.807) is 0 Å². The first-order valence-electron chi connectivity index (χ1n) is 5.96. The number of ether oxygens (including phenoxy) is 1. The molecular formula is C13H16BrNO3. The molecule has 98 valence electrons. The average molecular weight is 314 g/mol. The zero-order valence-electron chi connectivity index (χ0n) is 9.93. The third kappa shape index (κ3) is 3.71. The molecule has 1 atom stereocenters. The summed E-state index contributed by atoms with van der Waals surface area (Å²) in [5, 5.41) is 8.73. The van der Waals surface area contributed by atoms with E-state index in [9.17, 15) is 4.79 Å². The van der Waals surface area contributed by atoms with Crippen molar-refractivity contribution in [3.05, 3.63) is 28.2 Å². The lowest BCUT2D eigenvalue weighted by Crippen LogP contribution is -2.15. The summed E-state index contributed by atoms with van der Waals surface area (Å²) in [5.74, 6) is 0.513. The van der Waals surface area contributed by atoms with E-state index < -0.39 is 12.0 Å². The van der Waals surface area contributed by atoms with Crippen LogP contribution in [0, 0.1) is 5.92 Å². The van der Waals surface area contributed by atoms with Crippen molar-refractivity contribution in [2.24, 2.45) is 11.7 Å². The normalized spacial score (nSPS) is 16.3. The van der Waals surface area contributed by atoms with Crippen molar-refractivity contribution in [1.29, 1.82) is 0 Å². The van der Waals surface area contributed by atoms with E-state index >= 15 is 0 Å². The van der Waals surface area contributed by atoms with Gasteiger partial charge >= 0.3 is 5.97 Å². The monoisotopic (exact) mass is 313 g/mol. The van der Waals surface area contributed by atoms with Crippen LogP contribution in [0.1, 0.15) is 30.9 Å². The van der Waals surface area contributed by atoms with Crippen LogP contribution in [-0.2, 0) is 4.79 Å². The molecule has 1 saturated carbocycles. The predicted octanol–water partition coefficient (Wildman–Crippen LogP) is 2.71. The molecule has 0 saturated heterocycles. The second-order valence-corrected chi connectivity index (χ2v) is 5.50. The highest BCUT2D eigenvalue weighted by Gasteiger charge is 2.22. The van der Waals surface area contributed by atoms with Crippen molar-refractivity contribution in [2.45, 2.75) is 25.3 Å². The fourth-order valence-corrected chi connectivity index (χ4v) is 2.02. The van der Waals surface area contributed by atoms with Gasteiger partial charge in [-0.05, 0) is 52.4 Å². The Morgan fingerprint density at radius 1 is 1.56 bits per heavy atom. The van der Waals surface area contributed by atoms with Crippen molar-refractivity contribution >= 4 is 21.9 Å². The molecule has 1 aliphatic carbocycles. The van der Waals surface area contributed by atoms with Crippen LogP contribution in [0.2, 0.25) is 0 Å². The highest BCUT2D eigenvalue weighted by molar-refractivity contribution is 9.10. The summed E-state index contributed by atoms with van der Waals surface area (Å²) in [7, 11) is 0. The number of halogens is 1. The van der Waals surface area contributed by atoms with Crippen molar-refractivity contribution in [1.82, 2.24) is 0 Å². The molecule has 0 spiro atoms. The Morgan fingerprint density at radius 3 is 2.89 bits per heavy atom. The molecule has 4 nitrogen and oxygen atoms in total. The Bertz CT molecular complexity index is 446. The molecule has 1 unspecified atom stereocenters. The molecule has 1 aliphatic rings. The summed E-state index contributed by atoms with van der Waals surface area (Å²) in [4.78, 5) is 10.6. The number of rotatable bonds is 6. The largest absolute Gasteiger partial charge is 0.492 e. The number of hydrogen-bond donors (Lipinski definition) is 2. The molecule has 2 rings (SSSR count). The van der Waals surface area contributed by atoms with Gasteiger partial charge in [0.25, 0.3) is 0 Å². The van der Waals surface area contributed by atoms with Gasteiger partial charge in [-0.1, -0.05) is 6.07 Å². The second kappa shape index (κ2) is 5.71. The van der Waals surface area contributed by atoms with E-state index in [1.807, 2.05) is 18.2 Å². The number of carboxylic acids is 1. The van der Waals surface area contributed by atoms with Crippen LogP contribution in [0.15, 0.2) is 22.7 Å². The Morgan fingerprint density at radius 2 is 2.28 bits per heavy atom. The molecule has 18 heavy (non-hydrogen) atoms. The third-order valence-corrected chi connectivity index (χ3v) is 3.60. The van der Waals surface area contributed by atoms with Crippen LogP contribution in [0.3, 0.4) is 0 Å². The maximum atomic E-state index is 10.6. The summed E-state index contributed by atoms with van der Waals surface area (Å²) in [6, 6.07) is 4.99. The number of carbonyl (C=O) groups is 1. The minimum absolute atomic E-state index is 0.0797. The highest BCUT2D eigenvalue weighted by Crippen LogP contribution is 2.33. The molecular weight excluding hydrogens is 298 g/mol. The third-order valence-electron chi connectivity index (χ3n) is 2.95. The van der Waals surface area contributed by atoms with E-state index in [0.717, 1.165) is 22.4 Å². The molecule has 0 bridgehead atoms. The molecule has 0 amide bonds. The van der Waals surface area contributed by atoms with Crippen LogP contribution >= 0.6 is 15.9 Å². The lowest BCUT2D eigenvalue weighted by molar-refractivity contribution is -0.137. The Labute approximate surface area is 114 Å². The van der Waals surface area contributed by atoms with E-state index in [1.165, 1.54) is 12.8 Å². The van der Waals surface area contributed by atoms with Gasteiger partial charge in [0.1, 0.15) is 5.75 Å². The first-order chi connectivity index (χ1) is 8.56. The first-order valence-corrected chi connectivity index (χ1v) is 6.75. The van der Waals surface area contributed by atoms with Crippen molar-refractivity contribution in [2.75, 3.05) is 6.61 Å². The molecule has 0 heterocycles. The summed E-state index contributed by atoms with van der Waals surface area (Å²) < 4.78 is 6.58. The second-order valence-electron chi connectivity index (χ2n) is 4.65. The van der Waals surface area contributed by atoms with Gasteiger partial charge in [-0.25, -0.2) is 0 Å². The molecule has 0 aromatic heterocycles. The van der Waals surface area contributed by atoms with Gasteiger partial charge in [0.05, 0.1) is 17.5 Å². The Kier molecular flexibility index (Phi) is 4.24. The molecule has 0 radical (unpaired) electrons. The van der Waals surface area contributed by atoms with Gasteiger partial charge in [0.15, 0.2) is 0 Å². The lowest BCUT2D eigenvalue weighted by Gasteiger charge is -2.13. The van der Waals surface area contributed by atoms with Crippen molar-refractivity contribution in [3.8, 4) is 5.75 Å². The number of aliphatic carboxylic acids is 1. The van der Waals surface area contributed by atoms with Crippen LogP contribution in [0.5, 0.6) is 5.75 Å². The Balaban J connectivity index is 2.06. The molecule has 1 fully saturated rings. The number of carboxylic acid groups (broad SMARTS) is 1. The van der Waals surface area contributed by atoms with Gasteiger partial charge < -0.3 is 15.6 Å². The van der Waals surface area contributed by atoms with Crippen LogP contribution in [0.4, 0.5) is 0 Å². The fourth-order valence-electron chi connectivity index (χ4n) is 1.66. The zero-order chi connectivity index (χ0) is 13.1. The number of hydrogen-bond acceptors (Lipinski definition) is 3. The van der Waals surface area contributed by atoms with E-state index in [0.29, 0.717) is 5.92 Å². The molecule has 5 heteroatoms. The van der Waals surface area contributed by atoms with Crippen molar-refractivity contribution in [3.63, 3.8) is 0 Å². The number of nitrogens with two attached hydrogens (primary N) is 1.